The Hall–Kier alpha value is -1.08. The maximum absolute atomic E-state index is 11.5. The first-order chi connectivity index (χ1) is 9.44. The fraction of sp³-hybridized carbons (Fsp3) is 0.182. The smallest absolute Gasteiger partial charge is 0.321 e. The molecule has 0 aliphatic heterocycles. The topological polar surface area (TPSA) is 66.9 Å². The molecule has 2 rings (SSSR count). The molecule has 0 fully saturated rings. The summed E-state index contributed by atoms with van der Waals surface area (Å²) in [6.45, 7) is -0.103. The van der Waals surface area contributed by atoms with Gasteiger partial charge in [0, 0.05) is 5.56 Å². The molecule has 2 N–H and O–H groups in total. The van der Waals surface area contributed by atoms with E-state index < -0.39 is 9.82 Å². The number of anilines is 1. The van der Waals surface area contributed by atoms with E-state index in [1.807, 2.05) is 30.3 Å². The molecule has 0 bridgehead atoms. The third kappa shape index (κ3) is 4.79. The molecule has 2 amide bonds. The number of alkyl halides is 3. The van der Waals surface area contributed by atoms with Crippen LogP contribution in [0.3, 0.4) is 0 Å². The van der Waals surface area contributed by atoms with E-state index in [1.165, 1.54) is 11.3 Å². The van der Waals surface area contributed by atoms with Crippen molar-refractivity contribution in [3.8, 4) is 10.6 Å². The second-order valence-electron chi connectivity index (χ2n) is 3.70. The van der Waals surface area contributed by atoms with Gasteiger partial charge in [0.1, 0.15) is 5.01 Å². The van der Waals surface area contributed by atoms with Gasteiger partial charge in [0.15, 0.2) is 0 Å². The lowest BCUT2D eigenvalue weighted by molar-refractivity contribution is 0.252. The summed E-state index contributed by atoms with van der Waals surface area (Å²) >= 11 is 17.8. The lowest BCUT2D eigenvalue weighted by atomic mass is 10.2. The Kier molecular flexibility index (Phi) is 5.04. The molecule has 5 nitrogen and oxygen atoms in total. The number of hydrogen-bond acceptors (Lipinski definition) is 4. The van der Waals surface area contributed by atoms with Gasteiger partial charge < -0.3 is 5.32 Å². The van der Waals surface area contributed by atoms with Crippen molar-refractivity contribution in [2.75, 3.05) is 11.9 Å². The molecular weight excluding hydrogens is 343 g/mol. The first-order valence-corrected chi connectivity index (χ1v) is 7.39. The third-order valence-corrected chi connectivity index (χ3v) is 3.40. The van der Waals surface area contributed by atoms with Crippen LogP contribution in [0, 0.1) is 0 Å². The number of carbonyl (C=O) groups excluding carboxylic acids is 1. The van der Waals surface area contributed by atoms with E-state index in [0.717, 1.165) is 5.56 Å². The van der Waals surface area contributed by atoms with E-state index in [4.69, 9.17) is 34.8 Å². The van der Waals surface area contributed by atoms with E-state index in [0.29, 0.717) is 10.1 Å². The zero-order chi connectivity index (χ0) is 14.6. The summed E-state index contributed by atoms with van der Waals surface area (Å²) in [6, 6.07) is 9.02. The molecule has 0 spiro atoms. The molecule has 0 aliphatic rings. The molecule has 106 valence electrons. The van der Waals surface area contributed by atoms with Crippen molar-refractivity contribution in [1.29, 1.82) is 0 Å². The summed E-state index contributed by atoms with van der Waals surface area (Å²) in [5, 5.41) is 13.9. The highest BCUT2D eigenvalue weighted by molar-refractivity contribution is 7.18. The lowest BCUT2D eigenvalue weighted by Crippen LogP contribution is -2.35. The van der Waals surface area contributed by atoms with Gasteiger partial charge in [-0.3, -0.25) is 5.32 Å². The Morgan fingerprint density at radius 3 is 2.55 bits per heavy atom. The zero-order valence-corrected chi connectivity index (χ0v) is 13.0. The van der Waals surface area contributed by atoms with Crippen LogP contribution in [0.1, 0.15) is 0 Å². The predicted molar refractivity (Wildman–Crippen MR) is 82.7 cm³/mol. The van der Waals surface area contributed by atoms with Crippen molar-refractivity contribution in [2.45, 2.75) is 3.79 Å². The van der Waals surface area contributed by atoms with Crippen molar-refractivity contribution in [3.05, 3.63) is 30.3 Å². The molecule has 0 aliphatic carbocycles. The molecule has 1 aromatic carbocycles. The molecule has 0 unspecified atom stereocenters. The summed E-state index contributed by atoms with van der Waals surface area (Å²) in [4.78, 5) is 11.5. The van der Waals surface area contributed by atoms with Gasteiger partial charge in [0.2, 0.25) is 8.92 Å². The van der Waals surface area contributed by atoms with E-state index in [1.54, 1.807) is 0 Å². The van der Waals surface area contributed by atoms with Gasteiger partial charge in [-0.15, -0.1) is 10.2 Å². The molecule has 0 saturated heterocycles. The van der Waals surface area contributed by atoms with Crippen molar-refractivity contribution >= 4 is 57.3 Å². The normalized spacial score (nSPS) is 11.2. The summed E-state index contributed by atoms with van der Waals surface area (Å²) in [7, 11) is 0. The highest BCUT2D eigenvalue weighted by atomic mass is 35.6. The second kappa shape index (κ2) is 6.58. The molecule has 1 heterocycles. The lowest BCUT2D eigenvalue weighted by Gasteiger charge is -2.11. The van der Waals surface area contributed by atoms with Crippen LogP contribution in [0.25, 0.3) is 10.6 Å². The minimum Gasteiger partial charge on any atom is -0.334 e. The Bertz CT molecular complexity index is 585. The zero-order valence-electron chi connectivity index (χ0n) is 9.94. The highest BCUT2D eigenvalue weighted by Gasteiger charge is 2.20. The molecular formula is C11H9Cl3N4OS. The highest BCUT2D eigenvalue weighted by Crippen LogP contribution is 2.26. The number of hydrogen-bond donors (Lipinski definition) is 2. The largest absolute Gasteiger partial charge is 0.334 e. The summed E-state index contributed by atoms with van der Waals surface area (Å²) in [5.41, 5.74) is 0.930. The van der Waals surface area contributed by atoms with E-state index >= 15 is 0 Å². The number of nitrogens with zero attached hydrogens (tertiary/aromatic N) is 2. The molecule has 9 heteroatoms. The van der Waals surface area contributed by atoms with Crippen LogP contribution < -0.4 is 10.6 Å². The Labute approximate surface area is 134 Å². The molecule has 0 saturated carbocycles. The SMILES string of the molecule is O=C(NCC(Cl)(Cl)Cl)Nc1nnc(-c2ccccc2)s1. The quantitative estimate of drug-likeness (QED) is 0.829. The van der Waals surface area contributed by atoms with Gasteiger partial charge in [-0.1, -0.05) is 76.5 Å². The van der Waals surface area contributed by atoms with Crippen LogP contribution in [0.4, 0.5) is 9.93 Å². The van der Waals surface area contributed by atoms with E-state index in [2.05, 4.69) is 20.8 Å². The van der Waals surface area contributed by atoms with Crippen molar-refractivity contribution in [3.63, 3.8) is 0 Å². The van der Waals surface area contributed by atoms with Crippen LogP contribution in [-0.2, 0) is 0 Å². The number of benzene rings is 1. The molecule has 0 atom stereocenters. The van der Waals surface area contributed by atoms with Crippen LogP contribution in [0.2, 0.25) is 0 Å². The maximum Gasteiger partial charge on any atom is 0.321 e. The number of halogens is 3. The average Bonchev–Trinajstić information content (AvgIpc) is 2.85. The van der Waals surface area contributed by atoms with Gasteiger partial charge >= 0.3 is 6.03 Å². The van der Waals surface area contributed by atoms with E-state index in [-0.39, 0.29) is 6.54 Å². The van der Waals surface area contributed by atoms with Crippen molar-refractivity contribution in [2.24, 2.45) is 0 Å². The Balaban J connectivity index is 1.95. The number of rotatable bonds is 3. The average molecular weight is 352 g/mol. The monoisotopic (exact) mass is 350 g/mol. The Morgan fingerprint density at radius 2 is 1.90 bits per heavy atom. The van der Waals surface area contributed by atoms with Crippen LogP contribution >= 0.6 is 46.1 Å². The molecule has 1 aromatic heterocycles. The number of aromatic nitrogens is 2. The second-order valence-corrected chi connectivity index (χ2v) is 7.19. The Morgan fingerprint density at radius 1 is 1.20 bits per heavy atom. The molecule has 0 radical (unpaired) electrons. The van der Waals surface area contributed by atoms with Crippen LogP contribution in [0.15, 0.2) is 30.3 Å². The van der Waals surface area contributed by atoms with Gasteiger partial charge in [-0.25, -0.2) is 4.79 Å². The van der Waals surface area contributed by atoms with Gasteiger partial charge in [0.25, 0.3) is 0 Å². The van der Waals surface area contributed by atoms with Crippen LogP contribution in [0.5, 0.6) is 0 Å². The number of carbonyl (C=O) groups is 1. The van der Waals surface area contributed by atoms with E-state index in [9.17, 15) is 4.79 Å². The standard InChI is InChI=1S/C11H9Cl3N4OS/c12-11(13,14)6-15-9(19)16-10-18-17-8(20-10)7-4-2-1-3-5-7/h1-5H,6H2,(H2,15,16,18,19). The van der Waals surface area contributed by atoms with Crippen LogP contribution in [-0.4, -0.2) is 26.6 Å². The summed E-state index contributed by atoms with van der Waals surface area (Å²) in [6.07, 6.45) is 0. The van der Waals surface area contributed by atoms with Crippen molar-refractivity contribution in [1.82, 2.24) is 15.5 Å². The number of amides is 2. The third-order valence-electron chi connectivity index (χ3n) is 2.12. The first kappa shape index (κ1) is 15.3. The number of nitrogens with one attached hydrogen (secondary N) is 2. The van der Waals surface area contributed by atoms with Crippen molar-refractivity contribution < 1.29 is 4.79 Å². The fourth-order valence-corrected chi connectivity index (χ4v) is 2.24. The minimum atomic E-state index is -1.53. The summed E-state index contributed by atoms with van der Waals surface area (Å²) < 4.78 is -1.53. The summed E-state index contributed by atoms with van der Waals surface area (Å²) in [5.74, 6) is 0. The maximum atomic E-state index is 11.5. The molecule has 20 heavy (non-hydrogen) atoms. The minimum absolute atomic E-state index is 0.103. The van der Waals surface area contributed by atoms with Gasteiger partial charge in [0.05, 0.1) is 6.54 Å². The number of urea groups is 1. The first-order valence-electron chi connectivity index (χ1n) is 5.44. The van der Waals surface area contributed by atoms with Gasteiger partial charge in [-0.05, 0) is 0 Å². The fourth-order valence-electron chi connectivity index (χ4n) is 1.29. The predicted octanol–water partition coefficient (Wildman–Crippen LogP) is 3.70. The molecule has 2 aromatic rings. The van der Waals surface area contributed by atoms with Gasteiger partial charge in [-0.2, -0.15) is 0 Å².